The van der Waals surface area contributed by atoms with E-state index in [-0.39, 0.29) is 0 Å². The predicted octanol–water partition coefficient (Wildman–Crippen LogP) is 2.96. The lowest BCUT2D eigenvalue weighted by molar-refractivity contribution is 0.743. The molecule has 3 nitrogen and oxygen atoms in total. The molecule has 0 spiro atoms. The first-order valence-corrected chi connectivity index (χ1v) is 6.46. The zero-order chi connectivity index (χ0) is 11.7. The number of aromatic nitrogens is 3. The van der Waals surface area contributed by atoms with Crippen LogP contribution in [0.2, 0.25) is 0 Å². The number of benzene rings is 1. The van der Waals surface area contributed by atoms with Crippen molar-refractivity contribution in [2.45, 2.75) is 25.1 Å². The van der Waals surface area contributed by atoms with E-state index >= 15 is 0 Å². The summed E-state index contributed by atoms with van der Waals surface area (Å²) in [5.41, 5.74) is 1.10. The Hall–Kier alpha value is -1.35. The molecule has 4 heteroatoms. The Morgan fingerprint density at radius 2 is 1.82 bits per heavy atom. The Bertz CT molecular complexity index is 503. The molecule has 1 aromatic heterocycles. The highest BCUT2D eigenvalue weighted by Crippen LogP contribution is 2.32. The van der Waals surface area contributed by atoms with Crippen molar-refractivity contribution in [3.63, 3.8) is 0 Å². The fraction of sp³-hybridized carbons (Fsp3) is 0.385. The molecule has 3 rings (SSSR count). The zero-order valence-electron chi connectivity index (χ0n) is 9.51. The summed E-state index contributed by atoms with van der Waals surface area (Å²) >= 11 is 5.92. The number of halogens is 1. The zero-order valence-corrected chi connectivity index (χ0v) is 10.3. The van der Waals surface area contributed by atoms with E-state index in [1.165, 1.54) is 12.8 Å². The molecule has 0 amide bonds. The van der Waals surface area contributed by atoms with Gasteiger partial charge in [-0.1, -0.05) is 18.2 Å². The third-order valence-corrected chi connectivity index (χ3v) is 3.34. The second kappa shape index (κ2) is 4.49. The van der Waals surface area contributed by atoms with Crippen LogP contribution in [-0.4, -0.2) is 14.8 Å². The van der Waals surface area contributed by atoms with Crippen LogP contribution in [0.25, 0.3) is 5.69 Å². The molecule has 1 aliphatic carbocycles. The summed E-state index contributed by atoms with van der Waals surface area (Å²) in [6.45, 7) is 0. The van der Waals surface area contributed by atoms with Crippen LogP contribution in [0.3, 0.4) is 0 Å². The van der Waals surface area contributed by atoms with Gasteiger partial charge in [0.2, 0.25) is 0 Å². The van der Waals surface area contributed by atoms with Crippen LogP contribution in [0.1, 0.15) is 24.5 Å². The van der Waals surface area contributed by atoms with Crippen molar-refractivity contribution >= 4 is 11.6 Å². The van der Waals surface area contributed by atoms with Gasteiger partial charge in [-0.05, 0) is 30.9 Å². The number of hydrogen-bond acceptors (Lipinski definition) is 2. The number of alkyl halides is 1. The van der Waals surface area contributed by atoms with Crippen molar-refractivity contribution in [1.82, 2.24) is 14.8 Å². The lowest BCUT2D eigenvalue weighted by Gasteiger charge is -2.08. The van der Waals surface area contributed by atoms with Crippen molar-refractivity contribution in [3.8, 4) is 5.69 Å². The third kappa shape index (κ3) is 2.20. The van der Waals surface area contributed by atoms with E-state index in [4.69, 9.17) is 11.6 Å². The van der Waals surface area contributed by atoms with Crippen LogP contribution < -0.4 is 0 Å². The smallest absolute Gasteiger partial charge is 0.152 e. The van der Waals surface area contributed by atoms with E-state index < -0.39 is 0 Å². The third-order valence-electron chi connectivity index (χ3n) is 3.10. The number of rotatable bonds is 4. The van der Waals surface area contributed by atoms with Gasteiger partial charge in [-0.2, -0.15) is 0 Å². The molecular weight excluding hydrogens is 234 g/mol. The number of para-hydroxylation sites is 1. The molecule has 1 heterocycles. The SMILES string of the molecule is ClCc1nnc(CC2CC2)n1-c1ccccc1. The van der Waals surface area contributed by atoms with Crippen LogP contribution >= 0.6 is 11.6 Å². The second-order valence-electron chi connectivity index (χ2n) is 4.48. The maximum absolute atomic E-state index is 5.92. The molecule has 1 saturated carbocycles. The van der Waals surface area contributed by atoms with Gasteiger partial charge in [0.25, 0.3) is 0 Å². The Labute approximate surface area is 105 Å². The monoisotopic (exact) mass is 247 g/mol. The topological polar surface area (TPSA) is 30.7 Å². The van der Waals surface area contributed by atoms with E-state index in [1.54, 1.807) is 0 Å². The summed E-state index contributed by atoms with van der Waals surface area (Å²) in [4.78, 5) is 0. The molecule has 17 heavy (non-hydrogen) atoms. The molecule has 88 valence electrons. The van der Waals surface area contributed by atoms with E-state index in [1.807, 2.05) is 18.2 Å². The average molecular weight is 248 g/mol. The highest BCUT2D eigenvalue weighted by Gasteiger charge is 2.25. The largest absolute Gasteiger partial charge is 0.282 e. The van der Waals surface area contributed by atoms with Crippen molar-refractivity contribution in [2.75, 3.05) is 0 Å². The second-order valence-corrected chi connectivity index (χ2v) is 4.75. The normalized spacial score (nSPS) is 15.1. The highest BCUT2D eigenvalue weighted by atomic mass is 35.5. The maximum Gasteiger partial charge on any atom is 0.152 e. The molecule has 0 saturated heterocycles. The first-order valence-electron chi connectivity index (χ1n) is 5.93. The summed E-state index contributed by atoms with van der Waals surface area (Å²) in [5.74, 6) is 3.06. The van der Waals surface area contributed by atoms with Gasteiger partial charge >= 0.3 is 0 Å². The van der Waals surface area contributed by atoms with Gasteiger partial charge in [0, 0.05) is 12.1 Å². The van der Waals surface area contributed by atoms with Gasteiger partial charge in [-0.25, -0.2) is 0 Å². The van der Waals surface area contributed by atoms with Gasteiger partial charge in [-0.15, -0.1) is 21.8 Å². The average Bonchev–Trinajstić information content (AvgIpc) is 3.09. The standard InChI is InChI=1S/C13H14ClN3/c14-9-13-16-15-12(8-10-6-7-10)17(13)11-4-2-1-3-5-11/h1-5,10H,6-9H2. The molecule has 0 atom stereocenters. The Balaban J connectivity index is 2.02. The van der Waals surface area contributed by atoms with Crippen LogP contribution in [0, 0.1) is 5.92 Å². The summed E-state index contributed by atoms with van der Waals surface area (Å²) in [6.07, 6.45) is 3.65. The Kier molecular flexibility index (Phi) is 2.85. The molecule has 1 aliphatic rings. The van der Waals surface area contributed by atoms with Crippen molar-refractivity contribution in [1.29, 1.82) is 0 Å². The van der Waals surface area contributed by atoms with Crippen molar-refractivity contribution in [2.24, 2.45) is 5.92 Å². The lowest BCUT2D eigenvalue weighted by atomic mass is 10.2. The molecule has 2 aromatic rings. The molecular formula is C13H14ClN3. The summed E-state index contributed by atoms with van der Waals surface area (Å²) < 4.78 is 2.09. The fourth-order valence-corrected chi connectivity index (χ4v) is 2.20. The minimum Gasteiger partial charge on any atom is -0.282 e. The molecule has 1 aromatic carbocycles. The van der Waals surface area contributed by atoms with Crippen LogP contribution in [-0.2, 0) is 12.3 Å². The first-order chi connectivity index (χ1) is 8.38. The quantitative estimate of drug-likeness (QED) is 0.778. The van der Waals surface area contributed by atoms with E-state index in [9.17, 15) is 0 Å². The van der Waals surface area contributed by atoms with Gasteiger partial charge in [0.1, 0.15) is 5.82 Å². The minimum absolute atomic E-state index is 0.395. The van der Waals surface area contributed by atoms with E-state index in [0.29, 0.717) is 5.88 Å². The molecule has 0 unspecified atom stereocenters. The maximum atomic E-state index is 5.92. The van der Waals surface area contributed by atoms with Crippen LogP contribution in [0.4, 0.5) is 0 Å². The summed E-state index contributed by atoms with van der Waals surface area (Å²) in [5, 5.41) is 8.44. The van der Waals surface area contributed by atoms with E-state index in [0.717, 1.165) is 29.7 Å². The Morgan fingerprint density at radius 3 is 2.47 bits per heavy atom. The fourth-order valence-electron chi connectivity index (χ4n) is 2.03. The molecule has 0 N–H and O–H groups in total. The van der Waals surface area contributed by atoms with Gasteiger partial charge in [0.15, 0.2) is 5.82 Å². The number of hydrogen-bond donors (Lipinski definition) is 0. The summed E-state index contributed by atoms with van der Waals surface area (Å²) in [7, 11) is 0. The molecule has 0 bridgehead atoms. The number of nitrogens with zero attached hydrogens (tertiary/aromatic N) is 3. The van der Waals surface area contributed by atoms with E-state index in [2.05, 4.69) is 26.9 Å². The van der Waals surface area contributed by atoms with Gasteiger partial charge in [-0.3, -0.25) is 4.57 Å². The van der Waals surface area contributed by atoms with Crippen molar-refractivity contribution in [3.05, 3.63) is 42.0 Å². The van der Waals surface area contributed by atoms with Crippen LogP contribution in [0.5, 0.6) is 0 Å². The Morgan fingerprint density at radius 1 is 1.12 bits per heavy atom. The lowest BCUT2D eigenvalue weighted by Crippen LogP contribution is -2.05. The van der Waals surface area contributed by atoms with Crippen LogP contribution in [0.15, 0.2) is 30.3 Å². The first kappa shape index (κ1) is 10.8. The highest BCUT2D eigenvalue weighted by molar-refractivity contribution is 6.16. The summed E-state index contributed by atoms with van der Waals surface area (Å²) in [6, 6.07) is 10.2. The minimum atomic E-state index is 0.395. The molecule has 1 fully saturated rings. The predicted molar refractivity (Wildman–Crippen MR) is 67.3 cm³/mol. The molecule has 0 radical (unpaired) electrons. The van der Waals surface area contributed by atoms with Gasteiger partial charge in [0.05, 0.1) is 5.88 Å². The molecule has 0 aliphatic heterocycles. The van der Waals surface area contributed by atoms with Gasteiger partial charge < -0.3 is 0 Å². The van der Waals surface area contributed by atoms with Crippen molar-refractivity contribution < 1.29 is 0 Å².